The molecule has 8 heteroatoms. The molecule has 1 rings (SSSR count). The van der Waals surface area contributed by atoms with E-state index in [0.29, 0.717) is 32.4 Å². The average Bonchev–Trinajstić information content (AvgIpc) is 2.52. The Hall–Kier alpha value is -1.15. The zero-order valence-electron chi connectivity index (χ0n) is 14.2. The third-order valence-electron chi connectivity index (χ3n) is 4.30. The Morgan fingerprint density at radius 2 is 1.87 bits per heavy atom. The number of nitrogens with zero attached hydrogens (tertiary/aromatic N) is 2. The van der Waals surface area contributed by atoms with Crippen LogP contribution in [0, 0.1) is 11.8 Å². The van der Waals surface area contributed by atoms with Crippen LogP contribution in [0.4, 0.5) is 0 Å². The molecule has 1 unspecified atom stereocenters. The van der Waals surface area contributed by atoms with Crippen LogP contribution in [-0.4, -0.2) is 67.0 Å². The number of carboxylic acids is 1. The topological polar surface area (TPSA) is 95.0 Å². The molecule has 0 aromatic rings. The van der Waals surface area contributed by atoms with Crippen molar-refractivity contribution >= 4 is 21.9 Å². The van der Waals surface area contributed by atoms with Crippen LogP contribution in [0.3, 0.4) is 0 Å². The van der Waals surface area contributed by atoms with Gasteiger partial charge in [-0.15, -0.1) is 0 Å². The van der Waals surface area contributed by atoms with Crippen molar-refractivity contribution < 1.29 is 23.1 Å². The lowest BCUT2D eigenvalue weighted by Crippen LogP contribution is -2.45. The number of aliphatic carboxylic acids is 1. The zero-order chi connectivity index (χ0) is 17.6. The maximum Gasteiger partial charge on any atom is 0.308 e. The number of unbranched alkanes of at least 4 members (excludes halogenated alkanes) is 1. The molecule has 0 spiro atoms. The zero-order valence-corrected chi connectivity index (χ0v) is 15.0. The number of carbonyl (C=O) groups excluding carboxylic acids is 1. The highest BCUT2D eigenvalue weighted by molar-refractivity contribution is 7.89. The summed E-state index contributed by atoms with van der Waals surface area (Å²) in [7, 11) is -1.61. The molecule has 23 heavy (non-hydrogen) atoms. The van der Waals surface area contributed by atoms with Gasteiger partial charge in [0.2, 0.25) is 15.9 Å². The summed E-state index contributed by atoms with van der Waals surface area (Å²) in [4.78, 5) is 24.7. The minimum absolute atomic E-state index is 0.0938. The van der Waals surface area contributed by atoms with Gasteiger partial charge in [0.25, 0.3) is 0 Å². The number of piperidine rings is 1. The van der Waals surface area contributed by atoms with E-state index < -0.39 is 21.9 Å². The summed E-state index contributed by atoms with van der Waals surface area (Å²) >= 11 is 0. The lowest BCUT2D eigenvalue weighted by molar-refractivity contribution is -0.143. The summed E-state index contributed by atoms with van der Waals surface area (Å²) in [5.41, 5.74) is 0. The molecule has 1 aliphatic heterocycles. The van der Waals surface area contributed by atoms with Crippen molar-refractivity contribution in [2.45, 2.75) is 39.5 Å². The van der Waals surface area contributed by atoms with Gasteiger partial charge in [-0.3, -0.25) is 9.59 Å². The summed E-state index contributed by atoms with van der Waals surface area (Å²) in [6.07, 6.45) is 2.48. The molecule has 1 saturated heterocycles. The van der Waals surface area contributed by atoms with Crippen molar-refractivity contribution in [3.63, 3.8) is 0 Å². The molecular weight excluding hydrogens is 320 g/mol. The van der Waals surface area contributed by atoms with Crippen LogP contribution < -0.4 is 0 Å². The molecule has 1 N–H and O–H groups in total. The molecule has 1 amide bonds. The predicted molar refractivity (Wildman–Crippen MR) is 87.4 cm³/mol. The molecule has 1 heterocycles. The number of carbonyl (C=O) groups is 2. The Kier molecular flexibility index (Phi) is 7.47. The number of carboxylic acid groups (broad SMARTS) is 1. The predicted octanol–water partition coefficient (Wildman–Crippen LogP) is 1.01. The van der Waals surface area contributed by atoms with E-state index in [1.54, 1.807) is 14.0 Å². The van der Waals surface area contributed by atoms with Gasteiger partial charge in [-0.25, -0.2) is 12.7 Å². The molecule has 134 valence electrons. The van der Waals surface area contributed by atoms with Crippen molar-refractivity contribution in [2.24, 2.45) is 11.8 Å². The van der Waals surface area contributed by atoms with Gasteiger partial charge < -0.3 is 10.0 Å². The lowest BCUT2D eigenvalue weighted by atomic mass is 9.96. The lowest BCUT2D eigenvalue weighted by Gasteiger charge is -2.33. The van der Waals surface area contributed by atoms with E-state index in [0.717, 1.165) is 6.42 Å². The van der Waals surface area contributed by atoms with Crippen LogP contribution in [0.5, 0.6) is 0 Å². The molecular formula is C15H28N2O5S. The molecule has 0 aliphatic carbocycles. The molecule has 1 atom stereocenters. The van der Waals surface area contributed by atoms with Crippen molar-refractivity contribution in [1.82, 2.24) is 9.21 Å². The van der Waals surface area contributed by atoms with Crippen LogP contribution in [-0.2, 0) is 19.6 Å². The van der Waals surface area contributed by atoms with E-state index in [-0.39, 0.29) is 24.1 Å². The van der Waals surface area contributed by atoms with Gasteiger partial charge in [-0.2, -0.15) is 0 Å². The first-order chi connectivity index (χ1) is 10.7. The standard InChI is InChI=1S/C15H28N2O5S/c1-4-5-10-23(21,22)17-8-6-13(7-9-17)14(18)16(3)11-12(2)15(19)20/h12-13H,4-11H2,1-3H3,(H,19,20). The largest absolute Gasteiger partial charge is 0.481 e. The van der Waals surface area contributed by atoms with E-state index in [1.165, 1.54) is 9.21 Å². The van der Waals surface area contributed by atoms with E-state index in [9.17, 15) is 18.0 Å². The summed E-state index contributed by atoms with van der Waals surface area (Å²) in [6, 6.07) is 0. The number of rotatable bonds is 8. The minimum Gasteiger partial charge on any atom is -0.481 e. The smallest absolute Gasteiger partial charge is 0.308 e. The second kappa shape index (κ2) is 8.63. The fourth-order valence-corrected chi connectivity index (χ4v) is 4.41. The van der Waals surface area contributed by atoms with Crippen LogP contribution in [0.15, 0.2) is 0 Å². The molecule has 1 aliphatic rings. The number of amides is 1. The maximum absolute atomic E-state index is 12.3. The Labute approximate surface area is 138 Å². The van der Waals surface area contributed by atoms with E-state index in [1.807, 2.05) is 6.92 Å². The monoisotopic (exact) mass is 348 g/mol. The Morgan fingerprint density at radius 3 is 2.35 bits per heavy atom. The quantitative estimate of drug-likeness (QED) is 0.706. The molecule has 1 fully saturated rings. The van der Waals surface area contributed by atoms with Gasteiger partial charge >= 0.3 is 5.97 Å². The van der Waals surface area contributed by atoms with Gasteiger partial charge in [0.1, 0.15) is 0 Å². The Balaban J connectivity index is 2.52. The second-order valence-electron chi connectivity index (χ2n) is 6.30. The van der Waals surface area contributed by atoms with E-state index >= 15 is 0 Å². The van der Waals surface area contributed by atoms with Crippen molar-refractivity contribution in [3.05, 3.63) is 0 Å². The van der Waals surface area contributed by atoms with Gasteiger partial charge in [0.15, 0.2) is 0 Å². The molecule has 0 saturated carbocycles. The molecule has 0 aromatic carbocycles. The van der Waals surface area contributed by atoms with Crippen LogP contribution in [0.1, 0.15) is 39.5 Å². The number of hydrogen-bond acceptors (Lipinski definition) is 4. The number of hydrogen-bond donors (Lipinski definition) is 1. The van der Waals surface area contributed by atoms with Gasteiger partial charge in [-0.1, -0.05) is 20.3 Å². The van der Waals surface area contributed by atoms with Gasteiger partial charge in [0, 0.05) is 32.6 Å². The first-order valence-electron chi connectivity index (χ1n) is 8.14. The highest BCUT2D eigenvalue weighted by atomic mass is 32.2. The third-order valence-corrected chi connectivity index (χ3v) is 6.25. The van der Waals surface area contributed by atoms with E-state index in [4.69, 9.17) is 5.11 Å². The first kappa shape index (κ1) is 19.9. The maximum atomic E-state index is 12.3. The summed E-state index contributed by atoms with van der Waals surface area (Å²) in [5.74, 6) is -1.69. The Bertz CT molecular complexity index is 512. The van der Waals surface area contributed by atoms with E-state index in [2.05, 4.69) is 0 Å². The van der Waals surface area contributed by atoms with Gasteiger partial charge in [-0.05, 0) is 19.3 Å². The van der Waals surface area contributed by atoms with Crippen LogP contribution >= 0.6 is 0 Å². The minimum atomic E-state index is -3.21. The highest BCUT2D eigenvalue weighted by Gasteiger charge is 2.32. The average molecular weight is 348 g/mol. The van der Waals surface area contributed by atoms with Gasteiger partial charge in [0.05, 0.1) is 11.7 Å². The summed E-state index contributed by atoms with van der Waals surface area (Å²) in [6.45, 7) is 4.42. The van der Waals surface area contributed by atoms with Crippen LogP contribution in [0.2, 0.25) is 0 Å². The Morgan fingerprint density at radius 1 is 1.30 bits per heavy atom. The molecule has 7 nitrogen and oxygen atoms in total. The summed E-state index contributed by atoms with van der Waals surface area (Å²) in [5, 5.41) is 8.91. The fourth-order valence-electron chi connectivity index (χ4n) is 2.73. The highest BCUT2D eigenvalue weighted by Crippen LogP contribution is 2.22. The van der Waals surface area contributed by atoms with Crippen molar-refractivity contribution in [1.29, 1.82) is 0 Å². The molecule has 0 radical (unpaired) electrons. The SMILES string of the molecule is CCCCS(=O)(=O)N1CCC(C(=O)N(C)CC(C)C(=O)O)CC1. The molecule has 0 aromatic heterocycles. The van der Waals surface area contributed by atoms with Crippen LogP contribution in [0.25, 0.3) is 0 Å². The number of sulfonamides is 1. The second-order valence-corrected chi connectivity index (χ2v) is 8.39. The normalized spacial score (nSPS) is 18.6. The molecule has 0 bridgehead atoms. The fraction of sp³-hybridized carbons (Fsp3) is 0.867. The van der Waals surface area contributed by atoms with Crippen molar-refractivity contribution in [2.75, 3.05) is 32.4 Å². The third kappa shape index (κ3) is 5.76. The summed E-state index contributed by atoms with van der Waals surface area (Å²) < 4.78 is 25.8. The first-order valence-corrected chi connectivity index (χ1v) is 9.75. The van der Waals surface area contributed by atoms with Crippen molar-refractivity contribution in [3.8, 4) is 0 Å².